The van der Waals surface area contributed by atoms with E-state index in [9.17, 15) is 4.39 Å². The second-order valence-electron chi connectivity index (χ2n) is 5.74. The number of fused-ring (bicyclic) bond motifs is 1. The Morgan fingerprint density at radius 2 is 1.75 bits per heavy atom. The van der Waals surface area contributed by atoms with Crippen LogP contribution in [0.4, 0.5) is 4.39 Å². The molecule has 0 bridgehead atoms. The smallest absolute Gasteiger partial charge is 0.123 e. The summed E-state index contributed by atoms with van der Waals surface area (Å²) >= 11 is 3.52. The molecule has 0 saturated heterocycles. The maximum absolute atomic E-state index is 13.5. The van der Waals surface area contributed by atoms with Gasteiger partial charge < -0.3 is 5.73 Å². The van der Waals surface area contributed by atoms with Crippen molar-refractivity contribution in [2.45, 2.75) is 19.3 Å². The van der Waals surface area contributed by atoms with Crippen LogP contribution in [-0.4, -0.2) is 6.54 Å². The highest BCUT2D eigenvalue weighted by Crippen LogP contribution is 2.40. The molecule has 2 aromatic rings. The van der Waals surface area contributed by atoms with Crippen molar-refractivity contribution in [1.82, 2.24) is 0 Å². The SMILES string of the molecule is NCC1(Cc2cc(F)ccc2Br)Cc2ccccc2C1. The highest BCUT2D eigenvalue weighted by atomic mass is 79.9. The van der Waals surface area contributed by atoms with Crippen LogP contribution in [-0.2, 0) is 19.3 Å². The Morgan fingerprint density at radius 3 is 2.35 bits per heavy atom. The van der Waals surface area contributed by atoms with Crippen LogP contribution < -0.4 is 5.73 Å². The summed E-state index contributed by atoms with van der Waals surface area (Å²) < 4.78 is 14.4. The molecule has 0 saturated carbocycles. The molecule has 0 heterocycles. The minimum atomic E-state index is -0.189. The topological polar surface area (TPSA) is 26.0 Å². The molecule has 1 aliphatic rings. The first-order valence-corrected chi connectivity index (χ1v) is 7.62. The van der Waals surface area contributed by atoms with Crippen molar-refractivity contribution in [2.24, 2.45) is 11.1 Å². The van der Waals surface area contributed by atoms with Gasteiger partial charge in [-0.05, 0) is 66.1 Å². The van der Waals surface area contributed by atoms with Crippen LogP contribution >= 0.6 is 15.9 Å². The van der Waals surface area contributed by atoms with Gasteiger partial charge in [0, 0.05) is 4.47 Å². The summed E-state index contributed by atoms with van der Waals surface area (Å²) in [5, 5.41) is 0. The first kappa shape index (κ1) is 13.8. The van der Waals surface area contributed by atoms with Gasteiger partial charge in [0.15, 0.2) is 0 Å². The highest BCUT2D eigenvalue weighted by molar-refractivity contribution is 9.10. The molecule has 0 aromatic heterocycles. The highest BCUT2D eigenvalue weighted by Gasteiger charge is 2.36. The molecule has 0 amide bonds. The third-order valence-corrected chi connectivity index (χ3v) is 5.03. The van der Waals surface area contributed by atoms with Gasteiger partial charge in [-0.15, -0.1) is 0 Å². The van der Waals surface area contributed by atoms with Crippen molar-refractivity contribution in [1.29, 1.82) is 0 Å². The molecule has 1 nitrogen and oxygen atoms in total. The lowest BCUT2D eigenvalue weighted by Gasteiger charge is -2.28. The molecule has 0 fully saturated rings. The van der Waals surface area contributed by atoms with E-state index in [0.29, 0.717) is 6.54 Å². The van der Waals surface area contributed by atoms with E-state index in [1.165, 1.54) is 17.2 Å². The number of hydrogen-bond donors (Lipinski definition) is 1. The molecular formula is C17H17BrFN. The molecule has 0 atom stereocenters. The van der Waals surface area contributed by atoms with Crippen LogP contribution in [0.15, 0.2) is 46.9 Å². The van der Waals surface area contributed by atoms with Crippen LogP contribution in [0.5, 0.6) is 0 Å². The Labute approximate surface area is 127 Å². The van der Waals surface area contributed by atoms with Crippen LogP contribution in [0.25, 0.3) is 0 Å². The van der Waals surface area contributed by atoms with E-state index in [4.69, 9.17) is 5.73 Å². The van der Waals surface area contributed by atoms with Gasteiger partial charge in [-0.25, -0.2) is 4.39 Å². The van der Waals surface area contributed by atoms with E-state index >= 15 is 0 Å². The third-order valence-electron chi connectivity index (χ3n) is 4.26. The zero-order valence-electron chi connectivity index (χ0n) is 11.2. The largest absolute Gasteiger partial charge is 0.330 e. The van der Waals surface area contributed by atoms with E-state index < -0.39 is 0 Å². The van der Waals surface area contributed by atoms with Crippen molar-refractivity contribution in [2.75, 3.05) is 6.54 Å². The van der Waals surface area contributed by atoms with E-state index in [1.54, 1.807) is 12.1 Å². The predicted molar refractivity (Wildman–Crippen MR) is 83.1 cm³/mol. The van der Waals surface area contributed by atoms with Crippen molar-refractivity contribution >= 4 is 15.9 Å². The Balaban J connectivity index is 1.91. The zero-order valence-corrected chi connectivity index (χ0v) is 12.8. The summed E-state index contributed by atoms with van der Waals surface area (Å²) in [4.78, 5) is 0. The van der Waals surface area contributed by atoms with Gasteiger partial charge in [-0.2, -0.15) is 0 Å². The van der Waals surface area contributed by atoms with Crippen molar-refractivity contribution in [3.8, 4) is 0 Å². The van der Waals surface area contributed by atoms with Crippen LogP contribution in [0, 0.1) is 11.2 Å². The minimum Gasteiger partial charge on any atom is -0.330 e. The summed E-state index contributed by atoms with van der Waals surface area (Å²) in [5.74, 6) is -0.189. The number of benzene rings is 2. The molecule has 0 spiro atoms. The lowest BCUT2D eigenvalue weighted by Crippen LogP contribution is -2.33. The van der Waals surface area contributed by atoms with Gasteiger partial charge in [-0.3, -0.25) is 0 Å². The second-order valence-corrected chi connectivity index (χ2v) is 6.59. The molecule has 0 radical (unpaired) electrons. The first-order valence-electron chi connectivity index (χ1n) is 6.83. The fourth-order valence-corrected chi connectivity index (χ4v) is 3.58. The molecular weight excluding hydrogens is 317 g/mol. The van der Waals surface area contributed by atoms with Crippen LogP contribution in [0.3, 0.4) is 0 Å². The van der Waals surface area contributed by atoms with Gasteiger partial charge in [0.1, 0.15) is 5.82 Å². The predicted octanol–water partition coefficient (Wildman–Crippen LogP) is 3.87. The molecule has 0 unspecified atom stereocenters. The monoisotopic (exact) mass is 333 g/mol. The molecule has 0 aliphatic heterocycles. The number of nitrogens with two attached hydrogens (primary N) is 1. The average molecular weight is 334 g/mol. The van der Waals surface area contributed by atoms with Gasteiger partial charge in [-0.1, -0.05) is 40.2 Å². The van der Waals surface area contributed by atoms with Crippen LogP contribution in [0.2, 0.25) is 0 Å². The molecule has 2 aromatic carbocycles. The maximum Gasteiger partial charge on any atom is 0.123 e. The quantitative estimate of drug-likeness (QED) is 0.906. The van der Waals surface area contributed by atoms with Crippen LogP contribution in [0.1, 0.15) is 16.7 Å². The van der Waals surface area contributed by atoms with Gasteiger partial charge >= 0.3 is 0 Å². The third kappa shape index (κ3) is 2.52. The lowest BCUT2D eigenvalue weighted by atomic mass is 9.79. The average Bonchev–Trinajstić information content (AvgIpc) is 2.81. The number of rotatable bonds is 3. The van der Waals surface area contributed by atoms with E-state index in [2.05, 4.69) is 40.2 Å². The second kappa shape index (κ2) is 5.30. The Kier molecular flexibility index (Phi) is 3.65. The zero-order chi connectivity index (χ0) is 14.2. The summed E-state index contributed by atoms with van der Waals surface area (Å²) in [6.07, 6.45) is 2.75. The Bertz CT molecular complexity index is 614. The Morgan fingerprint density at radius 1 is 1.10 bits per heavy atom. The van der Waals surface area contributed by atoms with Crippen molar-refractivity contribution in [3.63, 3.8) is 0 Å². The number of halogens is 2. The van der Waals surface area contributed by atoms with E-state index in [1.807, 2.05) is 0 Å². The molecule has 104 valence electrons. The summed E-state index contributed by atoms with van der Waals surface area (Å²) in [5.41, 5.74) is 9.85. The standard InChI is InChI=1S/C17H17BrFN/c18-16-6-5-15(19)7-14(16)10-17(11-20)8-12-3-1-2-4-13(12)9-17/h1-7H,8-11,20H2. The van der Waals surface area contributed by atoms with Gasteiger partial charge in [0.05, 0.1) is 0 Å². The first-order chi connectivity index (χ1) is 9.62. The molecule has 2 N–H and O–H groups in total. The van der Waals surface area contributed by atoms with Crippen molar-refractivity contribution < 1.29 is 4.39 Å². The minimum absolute atomic E-state index is 0.0139. The molecule has 3 heteroatoms. The van der Waals surface area contributed by atoms with Gasteiger partial charge in [0.25, 0.3) is 0 Å². The van der Waals surface area contributed by atoms with E-state index in [0.717, 1.165) is 29.3 Å². The normalized spacial score (nSPS) is 16.1. The summed E-state index contributed by atoms with van der Waals surface area (Å²) in [6.45, 7) is 0.616. The molecule has 20 heavy (non-hydrogen) atoms. The molecule has 1 aliphatic carbocycles. The van der Waals surface area contributed by atoms with Gasteiger partial charge in [0.2, 0.25) is 0 Å². The van der Waals surface area contributed by atoms with E-state index in [-0.39, 0.29) is 11.2 Å². The summed E-state index contributed by atoms with van der Waals surface area (Å²) in [7, 11) is 0. The number of hydrogen-bond acceptors (Lipinski definition) is 1. The fourth-order valence-electron chi connectivity index (χ4n) is 3.20. The lowest BCUT2D eigenvalue weighted by molar-refractivity contribution is 0.314. The Hall–Kier alpha value is -1.19. The summed E-state index contributed by atoms with van der Waals surface area (Å²) in [6, 6.07) is 13.4. The van der Waals surface area contributed by atoms with Crippen molar-refractivity contribution in [3.05, 3.63) is 69.4 Å². The fraction of sp³-hybridized carbons (Fsp3) is 0.294. The molecule has 3 rings (SSSR count). The maximum atomic E-state index is 13.5.